The van der Waals surface area contributed by atoms with E-state index in [0.717, 1.165) is 0 Å². The second-order valence-electron chi connectivity index (χ2n) is 5.72. The van der Waals surface area contributed by atoms with Gasteiger partial charge in [-0.05, 0) is 35.4 Å². The second kappa shape index (κ2) is 7.47. The van der Waals surface area contributed by atoms with Gasteiger partial charge >= 0.3 is 0 Å². The maximum Gasteiger partial charge on any atom is 0.123 e. The van der Waals surface area contributed by atoms with Crippen LogP contribution in [0.25, 0.3) is 0 Å². The van der Waals surface area contributed by atoms with Crippen LogP contribution in [-0.4, -0.2) is 23.8 Å². The van der Waals surface area contributed by atoms with Crippen molar-refractivity contribution in [3.63, 3.8) is 0 Å². The van der Waals surface area contributed by atoms with Crippen molar-refractivity contribution < 1.29 is 13.9 Å². The summed E-state index contributed by atoms with van der Waals surface area (Å²) in [6, 6.07) is 12.4. The predicted octanol–water partition coefficient (Wildman–Crippen LogP) is 3.46. The van der Waals surface area contributed by atoms with Gasteiger partial charge in [0.05, 0.1) is 6.10 Å². The fourth-order valence-corrected chi connectivity index (χ4v) is 2.51. The van der Waals surface area contributed by atoms with Crippen LogP contribution < -0.4 is 5.32 Å². The highest BCUT2D eigenvalue weighted by Gasteiger charge is 2.24. The Morgan fingerprint density at radius 3 is 1.86 bits per heavy atom. The van der Waals surface area contributed by atoms with Crippen LogP contribution in [0.1, 0.15) is 30.9 Å². The van der Waals surface area contributed by atoms with Crippen LogP contribution in [0, 0.1) is 11.6 Å². The van der Waals surface area contributed by atoms with Gasteiger partial charge in [0, 0.05) is 18.5 Å². The van der Waals surface area contributed by atoms with Crippen molar-refractivity contribution >= 4 is 0 Å². The number of hydrogen-bond acceptors (Lipinski definition) is 2. The molecule has 0 spiro atoms. The largest absolute Gasteiger partial charge is 0.391 e. The number of halogens is 2. The molecule has 2 aromatic rings. The first kappa shape index (κ1) is 16.6. The van der Waals surface area contributed by atoms with Gasteiger partial charge in [0.1, 0.15) is 11.6 Å². The maximum absolute atomic E-state index is 13.5. The minimum absolute atomic E-state index is 0.218. The van der Waals surface area contributed by atoms with E-state index in [4.69, 9.17) is 0 Å². The van der Waals surface area contributed by atoms with Crippen molar-refractivity contribution in [3.05, 3.63) is 71.3 Å². The first-order valence-electron chi connectivity index (χ1n) is 7.39. The summed E-state index contributed by atoms with van der Waals surface area (Å²) in [4.78, 5) is 0. The molecule has 0 aliphatic carbocycles. The molecule has 0 heterocycles. The lowest BCUT2D eigenvalue weighted by molar-refractivity contribution is 0.151. The van der Waals surface area contributed by atoms with Gasteiger partial charge in [-0.1, -0.05) is 38.1 Å². The molecule has 0 radical (unpaired) electrons. The lowest BCUT2D eigenvalue weighted by atomic mass is 9.86. The first-order chi connectivity index (χ1) is 10.5. The Hall–Kier alpha value is -1.78. The summed E-state index contributed by atoms with van der Waals surface area (Å²) < 4.78 is 27.1. The molecule has 4 heteroatoms. The predicted molar refractivity (Wildman–Crippen MR) is 83.8 cm³/mol. The van der Waals surface area contributed by atoms with Gasteiger partial charge < -0.3 is 10.4 Å². The molecule has 118 valence electrons. The van der Waals surface area contributed by atoms with E-state index in [2.05, 4.69) is 5.32 Å². The molecule has 1 atom stereocenters. The van der Waals surface area contributed by atoms with Gasteiger partial charge in [-0.25, -0.2) is 8.78 Å². The average Bonchev–Trinajstić information content (AvgIpc) is 2.45. The molecule has 2 rings (SSSR count). The Kier molecular flexibility index (Phi) is 5.63. The van der Waals surface area contributed by atoms with Crippen LogP contribution in [0.2, 0.25) is 0 Å². The SMILES string of the molecule is CC(C)NCC(O)C(c1cccc(F)c1)c1cccc(F)c1. The van der Waals surface area contributed by atoms with Crippen LogP contribution in [0.3, 0.4) is 0 Å². The van der Waals surface area contributed by atoms with E-state index in [9.17, 15) is 13.9 Å². The minimum Gasteiger partial charge on any atom is -0.391 e. The van der Waals surface area contributed by atoms with E-state index < -0.39 is 12.0 Å². The summed E-state index contributed by atoms with van der Waals surface area (Å²) in [6.45, 7) is 4.30. The van der Waals surface area contributed by atoms with E-state index in [0.29, 0.717) is 17.7 Å². The summed E-state index contributed by atoms with van der Waals surface area (Å²) in [5.41, 5.74) is 1.26. The molecule has 0 saturated heterocycles. The quantitative estimate of drug-likeness (QED) is 0.856. The van der Waals surface area contributed by atoms with Gasteiger partial charge in [-0.2, -0.15) is 0 Å². The smallest absolute Gasteiger partial charge is 0.123 e. The van der Waals surface area contributed by atoms with Crippen molar-refractivity contribution in [3.8, 4) is 0 Å². The molecule has 2 nitrogen and oxygen atoms in total. The van der Waals surface area contributed by atoms with Crippen molar-refractivity contribution in [1.29, 1.82) is 0 Å². The molecule has 2 aromatic carbocycles. The van der Waals surface area contributed by atoms with Crippen LogP contribution >= 0.6 is 0 Å². The Labute approximate surface area is 129 Å². The number of aliphatic hydroxyl groups is 1. The summed E-state index contributed by atoms with van der Waals surface area (Å²) >= 11 is 0. The van der Waals surface area contributed by atoms with E-state index in [1.807, 2.05) is 13.8 Å². The molecular formula is C18H21F2NO. The van der Waals surface area contributed by atoms with Crippen molar-refractivity contribution in [1.82, 2.24) is 5.32 Å². The topological polar surface area (TPSA) is 32.3 Å². The van der Waals surface area contributed by atoms with Crippen LogP contribution in [-0.2, 0) is 0 Å². The highest BCUT2D eigenvalue weighted by molar-refractivity contribution is 5.34. The fourth-order valence-electron chi connectivity index (χ4n) is 2.51. The molecule has 22 heavy (non-hydrogen) atoms. The lowest BCUT2D eigenvalue weighted by Crippen LogP contribution is -2.35. The Morgan fingerprint density at radius 2 is 1.45 bits per heavy atom. The third-order valence-corrected chi connectivity index (χ3v) is 3.54. The average molecular weight is 305 g/mol. The van der Waals surface area contributed by atoms with E-state index in [1.165, 1.54) is 24.3 Å². The summed E-state index contributed by atoms with van der Waals surface area (Å²) in [7, 11) is 0. The van der Waals surface area contributed by atoms with E-state index >= 15 is 0 Å². The number of rotatable bonds is 6. The van der Waals surface area contributed by atoms with Crippen molar-refractivity contribution in [2.24, 2.45) is 0 Å². The molecule has 0 fully saturated rings. The molecule has 0 bridgehead atoms. The van der Waals surface area contributed by atoms with Gasteiger partial charge in [-0.15, -0.1) is 0 Å². The number of benzene rings is 2. The van der Waals surface area contributed by atoms with Crippen LogP contribution in [0.5, 0.6) is 0 Å². The molecular weight excluding hydrogens is 284 g/mol. The van der Waals surface area contributed by atoms with Gasteiger partial charge in [0.15, 0.2) is 0 Å². The lowest BCUT2D eigenvalue weighted by Gasteiger charge is -2.25. The summed E-state index contributed by atoms with van der Waals surface area (Å²) in [5.74, 6) is -1.23. The minimum atomic E-state index is -0.786. The normalized spacial score (nSPS) is 12.9. The molecule has 2 N–H and O–H groups in total. The molecule has 0 aromatic heterocycles. The Balaban J connectivity index is 2.36. The number of nitrogens with one attached hydrogen (secondary N) is 1. The standard InChI is InChI=1S/C18H21F2NO/c1-12(2)21-11-17(22)18(13-5-3-7-15(19)9-13)14-6-4-8-16(20)10-14/h3-10,12,17-18,21-22H,11H2,1-2H3. The second-order valence-corrected chi connectivity index (χ2v) is 5.72. The fraction of sp³-hybridized carbons (Fsp3) is 0.333. The highest BCUT2D eigenvalue weighted by atomic mass is 19.1. The maximum atomic E-state index is 13.5. The molecule has 0 saturated carbocycles. The highest BCUT2D eigenvalue weighted by Crippen LogP contribution is 2.29. The zero-order valence-corrected chi connectivity index (χ0v) is 12.8. The Bertz CT molecular complexity index is 570. The summed E-state index contributed by atoms with van der Waals surface area (Å²) in [5, 5.41) is 13.7. The molecule has 1 unspecified atom stereocenters. The van der Waals surface area contributed by atoms with E-state index in [-0.39, 0.29) is 17.7 Å². The first-order valence-corrected chi connectivity index (χ1v) is 7.39. The Morgan fingerprint density at radius 1 is 0.955 bits per heavy atom. The number of hydrogen-bond donors (Lipinski definition) is 2. The third kappa shape index (κ3) is 4.36. The van der Waals surface area contributed by atoms with Gasteiger partial charge in [-0.3, -0.25) is 0 Å². The van der Waals surface area contributed by atoms with E-state index in [1.54, 1.807) is 24.3 Å². The summed E-state index contributed by atoms with van der Waals surface area (Å²) in [6.07, 6.45) is -0.786. The van der Waals surface area contributed by atoms with Gasteiger partial charge in [0.25, 0.3) is 0 Å². The van der Waals surface area contributed by atoms with Crippen LogP contribution in [0.15, 0.2) is 48.5 Å². The monoisotopic (exact) mass is 305 g/mol. The molecule has 0 aliphatic heterocycles. The number of aliphatic hydroxyl groups excluding tert-OH is 1. The zero-order valence-electron chi connectivity index (χ0n) is 12.8. The zero-order chi connectivity index (χ0) is 16.1. The third-order valence-electron chi connectivity index (χ3n) is 3.54. The molecule has 0 amide bonds. The van der Waals surface area contributed by atoms with Gasteiger partial charge in [0.2, 0.25) is 0 Å². The van der Waals surface area contributed by atoms with Crippen molar-refractivity contribution in [2.75, 3.05) is 6.54 Å². The van der Waals surface area contributed by atoms with Crippen molar-refractivity contribution in [2.45, 2.75) is 31.9 Å². The molecule has 0 aliphatic rings. The van der Waals surface area contributed by atoms with Crippen LogP contribution in [0.4, 0.5) is 8.78 Å².